The van der Waals surface area contributed by atoms with Gasteiger partial charge in [-0.05, 0) is 24.5 Å². The maximum absolute atomic E-state index is 11.2. The highest BCUT2D eigenvalue weighted by Crippen LogP contribution is 2.11. The highest BCUT2D eigenvalue weighted by Gasteiger charge is 2.08. The summed E-state index contributed by atoms with van der Waals surface area (Å²) in [4.78, 5) is 13.6. The normalized spacial score (nSPS) is 10.7. The molecule has 8 heteroatoms. The lowest BCUT2D eigenvalue weighted by atomic mass is 10.2. The van der Waals surface area contributed by atoms with Crippen molar-refractivity contribution in [2.75, 3.05) is 0 Å². The fourth-order valence-corrected chi connectivity index (χ4v) is 1.28. The summed E-state index contributed by atoms with van der Waals surface area (Å²) in [5.41, 5.74) is 9.73. The number of hydrogen-bond acceptors (Lipinski definition) is 5. The molecule has 0 saturated carbocycles. The van der Waals surface area contributed by atoms with Crippen molar-refractivity contribution in [1.29, 1.82) is 5.41 Å². The summed E-state index contributed by atoms with van der Waals surface area (Å²) in [6.45, 7) is 3.99. The molecule has 94 valence electrons. The molecule has 0 aliphatic heterocycles. The number of nitrogens with zero attached hydrogens (tertiary/aromatic N) is 4. The van der Waals surface area contributed by atoms with Gasteiger partial charge < -0.3 is 15.2 Å². The van der Waals surface area contributed by atoms with E-state index in [0.717, 1.165) is 17.5 Å². The number of rotatable bonds is 5. The molecule has 1 aromatic rings. The van der Waals surface area contributed by atoms with Crippen LogP contribution in [0.4, 0.5) is 0 Å². The van der Waals surface area contributed by atoms with Gasteiger partial charge in [0, 0.05) is 29.4 Å². The van der Waals surface area contributed by atoms with Crippen molar-refractivity contribution in [3.63, 3.8) is 0 Å². The second-order valence-corrected chi connectivity index (χ2v) is 3.42. The highest BCUT2D eigenvalue weighted by atomic mass is 16.5. The number of aryl methyl sites for hydroxylation is 2. The van der Waals surface area contributed by atoms with Gasteiger partial charge in [-0.2, -0.15) is 0 Å². The van der Waals surface area contributed by atoms with Gasteiger partial charge in [-0.1, -0.05) is 5.16 Å². The summed E-state index contributed by atoms with van der Waals surface area (Å²) in [6.07, 6.45) is 2.13. The van der Waals surface area contributed by atoms with E-state index >= 15 is 0 Å². The van der Waals surface area contributed by atoms with E-state index in [4.69, 9.17) is 15.5 Å². The molecule has 1 amide bonds. The fourth-order valence-electron chi connectivity index (χ4n) is 1.28. The van der Waals surface area contributed by atoms with Crippen LogP contribution in [0.3, 0.4) is 0 Å². The average Bonchev–Trinajstić information content (AvgIpc) is 2.66. The molecule has 0 radical (unpaired) electrons. The zero-order valence-electron chi connectivity index (χ0n) is 9.97. The number of amides is 1. The molecule has 0 spiro atoms. The lowest BCUT2D eigenvalue weighted by Crippen LogP contribution is -2.10. The van der Waals surface area contributed by atoms with Gasteiger partial charge in [-0.25, -0.2) is 0 Å². The minimum absolute atomic E-state index is 0.0282. The third-order valence-electron chi connectivity index (χ3n) is 2.26. The zero-order valence-corrected chi connectivity index (χ0v) is 9.97. The first-order valence-electron chi connectivity index (χ1n) is 5.05. The Kier molecular flexibility index (Phi) is 4.65. The van der Waals surface area contributed by atoms with Gasteiger partial charge in [0.2, 0.25) is 0 Å². The molecule has 0 atom stereocenters. The first-order valence-corrected chi connectivity index (χ1v) is 5.05. The molecule has 0 aliphatic carbocycles. The molecule has 8 nitrogen and oxygen atoms in total. The van der Waals surface area contributed by atoms with Crippen molar-refractivity contribution >= 4 is 12.1 Å². The Labute approximate surface area is 103 Å². The number of hydrogen-bond donors (Lipinski definition) is 2. The van der Waals surface area contributed by atoms with Crippen LogP contribution >= 0.6 is 0 Å². The van der Waals surface area contributed by atoms with E-state index in [9.17, 15) is 4.79 Å². The van der Waals surface area contributed by atoms with Crippen LogP contribution < -0.4 is 5.32 Å². The van der Waals surface area contributed by atoms with Crippen LogP contribution in [-0.2, 0) is 11.3 Å². The molecule has 0 aromatic carbocycles. The van der Waals surface area contributed by atoms with Gasteiger partial charge in [0.15, 0.2) is 0 Å². The Morgan fingerprint density at radius 2 is 2.39 bits per heavy atom. The minimum Gasteiger partial charge on any atom is -0.386 e. The summed E-state index contributed by atoms with van der Waals surface area (Å²) < 4.78 is 4.98. The smallest absolute Gasteiger partial charge is 0.252 e. The monoisotopic (exact) mass is 248 g/mol. The molecule has 1 aromatic heterocycles. The average molecular weight is 248 g/mol. The van der Waals surface area contributed by atoms with E-state index in [1.165, 1.54) is 6.20 Å². The van der Waals surface area contributed by atoms with E-state index in [1.54, 1.807) is 13.8 Å². The van der Waals surface area contributed by atoms with Crippen molar-refractivity contribution in [3.8, 4) is 0 Å². The van der Waals surface area contributed by atoms with Crippen LogP contribution in [0, 0.1) is 19.3 Å². The number of aromatic nitrogens is 1. The van der Waals surface area contributed by atoms with Crippen molar-refractivity contribution in [3.05, 3.63) is 39.2 Å². The van der Waals surface area contributed by atoms with Crippen molar-refractivity contribution in [1.82, 2.24) is 10.5 Å². The van der Waals surface area contributed by atoms with E-state index < -0.39 is 5.91 Å². The molecule has 1 heterocycles. The van der Waals surface area contributed by atoms with Crippen LogP contribution in [-0.4, -0.2) is 17.3 Å². The zero-order chi connectivity index (χ0) is 13.5. The van der Waals surface area contributed by atoms with Crippen molar-refractivity contribution < 1.29 is 9.32 Å². The third-order valence-corrected chi connectivity index (χ3v) is 2.26. The number of carbonyl (C=O) groups excluding carboxylic acids is 1. The Bertz CT molecular complexity index is 519. The van der Waals surface area contributed by atoms with Gasteiger partial charge in [0.05, 0.1) is 11.3 Å². The van der Waals surface area contributed by atoms with E-state index in [0.29, 0.717) is 12.3 Å². The molecule has 0 bridgehead atoms. The van der Waals surface area contributed by atoms with Crippen LogP contribution in [0.5, 0.6) is 0 Å². The molecule has 2 N–H and O–H groups in total. The maximum atomic E-state index is 11.2. The molecule has 0 fully saturated rings. The molecular formula is C10H12N6O2. The predicted molar refractivity (Wildman–Crippen MR) is 63.8 cm³/mol. The Morgan fingerprint density at radius 1 is 1.67 bits per heavy atom. The maximum Gasteiger partial charge on any atom is 0.252 e. The largest absolute Gasteiger partial charge is 0.386 e. The summed E-state index contributed by atoms with van der Waals surface area (Å²) in [5, 5.41) is 16.6. The second kappa shape index (κ2) is 6.21. The summed E-state index contributed by atoms with van der Waals surface area (Å²) in [6, 6.07) is 0. The van der Waals surface area contributed by atoms with Crippen LogP contribution in [0.15, 0.2) is 21.4 Å². The van der Waals surface area contributed by atoms with Crippen LogP contribution in [0.2, 0.25) is 0 Å². The summed E-state index contributed by atoms with van der Waals surface area (Å²) in [5.74, 6) is -0.120. The van der Waals surface area contributed by atoms with Gasteiger partial charge in [0.25, 0.3) is 5.91 Å². The number of carbonyl (C=O) groups is 1. The fraction of sp³-hybridized carbons (Fsp3) is 0.300. The van der Waals surface area contributed by atoms with Crippen molar-refractivity contribution in [2.45, 2.75) is 20.4 Å². The topological polar surface area (TPSA) is 128 Å². The van der Waals surface area contributed by atoms with E-state index in [-0.39, 0.29) is 5.57 Å². The molecule has 0 aliphatic rings. The standard InChI is InChI=1S/C10H12N6O2/c1-6-9(7(2)18-15-6)5-13-4-8(3-11)10(17)14-16-12/h3-4,11,13H,5H2,1-2H3/b8-4+,11-3?. The molecule has 0 unspecified atom stereocenters. The van der Waals surface area contributed by atoms with Gasteiger partial charge in [-0.15, -0.1) is 0 Å². The number of azide groups is 1. The summed E-state index contributed by atoms with van der Waals surface area (Å²) in [7, 11) is 0. The molecular weight excluding hydrogens is 236 g/mol. The van der Waals surface area contributed by atoms with Crippen molar-refractivity contribution in [2.24, 2.45) is 5.11 Å². The highest BCUT2D eigenvalue weighted by molar-refractivity contribution is 6.11. The Morgan fingerprint density at radius 3 is 2.89 bits per heavy atom. The lowest BCUT2D eigenvalue weighted by molar-refractivity contribution is -0.114. The van der Waals surface area contributed by atoms with Gasteiger partial charge in [-0.3, -0.25) is 4.79 Å². The minimum atomic E-state index is -0.807. The quantitative estimate of drug-likeness (QED) is 0.270. The van der Waals surface area contributed by atoms with Gasteiger partial charge in [0.1, 0.15) is 5.76 Å². The predicted octanol–water partition coefficient (Wildman–Crippen LogP) is 1.75. The summed E-state index contributed by atoms with van der Waals surface area (Å²) >= 11 is 0. The Balaban J connectivity index is 2.71. The Hall–Kier alpha value is -2.60. The van der Waals surface area contributed by atoms with E-state index in [1.807, 2.05) is 0 Å². The van der Waals surface area contributed by atoms with Crippen LogP contribution in [0.1, 0.15) is 17.0 Å². The molecule has 1 rings (SSSR count). The SMILES string of the molecule is Cc1noc(C)c1CN/C=C(\C=N)C(=O)N=[N+]=[N-]. The first kappa shape index (κ1) is 13.5. The van der Waals surface area contributed by atoms with Gasteiger partial charge >= 0.3 is 0 Å². The molecule has 18 heavy (non-hydrogen) atoms. The third kappa shape index (κ3) is 3.19. The lowest BCUT2D eigenvalue weighted by Gasteiger charge is -2.01. The number of nitrogens with one attached hydrogen (secondary N) is 2. The van der Waals surface area contributed by atoms with E-state index in [2.05, 4.69) is 20.5 Å². The first-order chi connectivity index (χ1) is 8.60. The second-order valence-electron chi connectivity index (χ2n) is 3.42. The van der Waals surface area contributed by atoms with Crippen LogP contribution in [0.25, 0.3) is 10.4 Å². The molecule has 0 saturated heterocycles.